The Kier molecular flexibility index (Phi) is 30.4. The molecule has 3 saturated carbocycles. The smallest absolute Gasteiger partial charge is 0.214 e. The summed E-state index contributed by atoms with van der Waals surface area (Å²) >= 11 is 0. The third-order valence-electron chi connectivity index (χ3n) is 18.7. The number of hydrogen-bond acceptors (Lipinski definition) is 26. The lowest BCUT2D eigenvalue weighted by molar-refractivity contribution is -0.417. The van der Waals surface area contributed by atoms with Gasteiger partial charge < -0.3 is 104 Å². The molecule has 6 rings (SSSR count). The fourth-order valence-corrected chi connectivity index (χ4v) is 16.0. The summed E-state index contributed by atoms with van der Waals surface area (Å²) in [5.41, 5.74) is -6.98. The Morgan fingerprint density at radius 1 is 0.744 bits per heavy atom. The van der Waals surface area contributed by atoms with Crippen LogP contribution in [0.25, 0.3) is 0 Å². The first kappa shape index (κ1) is 77.2. The summed E-state index contributed by atoms with van der Waals surface area (Å²) in [6, 6.07) is 15.6. The molecule has 2 aromatic carbocycles. The number of unbranched alkanes of at least 4 members (excludes halogenated alkanes) is 1. The SMILES string of the molecule is COCCOCCOCCC(O)NCCCCC(NC(O)CCSSCCC(O)O[C@@H](C(O)O[C@H]1CC2(O)[C@@H](OC(O)c3ccccc3)[C@H]3C(C)(C(O)CC4OC[C@]43OC(C)O)C(O)C(O)C(C1C)C2(C)C)[C@@H](NC(O)OC(C)(C)C)c1ccccc1)C(C)O. The summed E-state index contributed by atoms with van der Waals surface area (Å²) in [5.74, 6) is -2.35. The van der Waals surface area contributed by atoms with Gasteiger partial charge in [-0.2, -0.15) is 0 Å². The van der Waals surface area contributed by atoms with Crippen molar-refractivity contribution < 1.29 is 104 Å². The largest absolute Gasteiger partial charge is 0.392 e. The minimum Gasteiger partial charge on any atom is -0.392 e. The van der Waals surface area contributed by atoms with E-state index in [1.807, 2.05) is 0 Å². The molecule has 24 nitrogen and oxygen atoms in total. The van der Waals surface area contributed by atoms with Crippen LogP contribution < -0.4 is 16.0 Å². The van der Waals surface area contributed by atoms with E-state index in [9.17, 15) is 61.3 Å². The zero-order valence-electron chi connectivity index (χ0n) is 54.2. The molecule has 1 heterocycles. The van der Waals surface area contributed by atoms with Gasteiger partial charge in [0, 0.05) is 78.6 Å². The summed E-state index contributed by atoms with van der Waals surface area (Å²) in [6.45, 7) is 17.8. The maximum Gasteiger partial charge on any atom is 0.214 e. The van der Waals surface area contributed by atoms with Crippen LogP contribution in [0.2, 0.25) is 0 Å². The average molecular weight is 1320 g/mol. The fraction of sp³-hybridized carbons (Fsp3) is 0.812. The lowest BCUT2D eigenvalue weighted by Gasteiger charge is -2.71. The standard InChI is InChI=1S/C64H109N3O21S2/c1-38-44(36-64(79)56(86-57(76)42-21-15-12-16-22-42)54-62(9,55(75)52(74)50(38)61(64,7)8)45(70)35-46-63(54,37-83-46)87-40(3)69)84-58(77)53(51(41-19-13-11-14-20-41)67-59(78)88-60(4,5)6)85-49(73)26-34-90-89-33-25-48(72)66-43(39(2)68)23-17-18-27-65-47(71)24-28-81-31-32-82-30-29-80-10/h11-16,19-22,38-40,43-59,65-79H,17-18,23-37H2,1-10H3/t38?,39?,40?,43?,44-,45?,46?,47?,48?,49?,50?,51-,52?,53+,54-,55?,56-,57?,58?,59?,62?,63-,64?/m0/s1. The molecule has 3 aliphatic carbocycles. The molecule has 1 saturated heterocycles. The van der Waals surface area contributed by atoms with Crippen LogP contribution in [-0.2, 0) is 42.6 Å². The highest BCUT2D eigenvalue weighted by molar-refractivity contribution is 8.76. The van der Waals surface area contributed by atoms with Crippen LogP contribution in [0, 0.1) is 28.6 Å². The van der Waals surface area contributed by atoms with E-state index in [1.54, 1.807) is 123 Å². The Morgan fingerprint density at radius 2 is 1.37 bits per heavy atom. The fourth-order valence-electron chi connectivity index (χ4n) is 13.9. The van der Waals surface area contributed by atoms with Crippen LogP contribution in [0.5, 0.6) is 0 Å². The summed E-state index contributed by atoms with van der Waals surface area (Å²) < 4.78 is 54.1. The lowest BCUT2D eigenvalue weighted by atomic mass is 9.42. The number of nitrogens with one attached hydrogen (secondary N) is 3. The predicted molar refractivity (Wildman–Crippen MR) is 337 cm³/mol. The van der Waals surface area contributed by atoms with Gasteiger partial charge in [-0.3, -0.25) is 16.0 Å². The van der Waals surface area contributed by atoms with Crippen LogP contribution in [0.4, 0.5) is 0 Å². The first-order valence-corrected chi connectivity index (χ1v) is 34.4. The minimum atomic E-state index is -2.20. The van der Waals surface area contributed by atoms with Crippen molar-refractivity contribution in [2.24, 2.45) is 28.6 Å². The van der Waals surface area contributed by atoms with Crippen molar-refractivity contribution in [1.82, 2.24) is 16.0 Å². The van der Waals surface area contributed by atoms with E-state index < -0.39 is 144 Å². The highest BCUT2D eigenvalue weighted by Gasteiger charge is 2.78. The molecule has 0 spiro atoms. The second-order valence-corrected chi connectivity index (χ2v) is 29.2. The maximum absolute atomic E-state index is 14.1. The van der Waals surface area contributed by atoms with Crippen molar-refractivity contribution in [3.8, 4) is 0 Å². The van der Waals surface area contributed by atoms with Crippen molar-refractivity contribution in [1.29, 1.82) is 0 Å². The number of ether oxygens (including phenoxy) is 9. The Labute approximate surface area is 539 Å². The van der Waals surface area contributed by atoms with E-state index in [2.05, 4.69) is 16.0 Å². The molecule has 4 aliphatic rings. The number of methoxy groups -OCH3 is 1. The molecule has 26 heteroatoms. The minimum absolute atomic E-state index is 0.0365. The quantitative estimate of drug-likeness (QED) is 0.0259. The third kappa shape index (κ3) is 19.9. The number of aliphatic hydroxyl groups is 12. The van der Waals surface area contributed by atoms with Gasteiger partial charge in [0.2, 0.25) is 6.41 Å². The number of hydrogen-bond donors (Lipinski definition) is 15. The summed E-state index contributed by atoms with van der Waals surface area (Å²) in [5, 5.41) is 152. The third-order valence-corrected chi connectivity index (χ3v) is 21.2. The Hall–Kier alpha value is -1.82. The van der Waals surface area contributed by atoms with Gasteiger partial charge in [0.15, 0.2) is 25.2 Å². The van der Waals surface area contributed by atoms with Crippen LogP contribution in [0.3, 0.4) is 0 Å². The lowest BCUT2D eigenvalue weighted by Crippen LogP contribution is -2.83. The van der Waals surface area contributed by atoms with Crippen molar-refractivity contribution in [3.63, 3.8) is 0 Å². The van der Waals surface area contributed by atoms with Crippen molar-refractivity contribution in [3.05, 3.63) is 71.8 Å². The van der Waals surface area contributed by atoms with Gasteiger partial charge in [0.1, 0.15) is 24.2 Å². The predicted octanol–water partition coefficient (Wildman–Crippen LogP) is 2.89. The summed E-state index contributed by atoms with van der Waals surface area (Å²) in [6.07, 6.45) is -18.3. The van der Waals surface area contributed by atoms with Gasteiger partial charge in [-0.15, -0.1) is 0 Å². The second-order valence-electron chi connectivity index (χ2n) is 26.5. The average Bonchev–Trinajstić information content (AvgIpc) is 0.672. The second kappa shape index (κ2) is 35.4. The molecule has 15 N–H and O–H groups in total. The maximum atomic E-state index is 14.1. The number of benzene rings is 2. The van der Waals surface area contributed by atoms with E-state index >= 15 is 0 Å². The molecule has 0 amide bonds. The van der Waals surface area contributed by atoms with Crippen LogP contribution in [0.1, 0.15) is 137 Å². The number of fused-ring (bicyclic) bond motifs is 5. The topological polar surface area (TPSA) is 362 Å². The molecule has 2 bridgehead atoms. The molecule has 17 unspecified atom stereocenters. The molecule has 1 aliphatic heterocycles. The molecule has 23 atom stereocenters. The van der Waals surface area contributed by atoms with Crippen molar-refractivity contribution >= 4 is 21.6 Å². The van der Waals surface area contributed by atoms with Gasteiger partial charge in [-0.05, 0) is 71.9 Å². The van der Waals surface area contributed by atoms with Gasteiger partial charge in [-0.25, -0.2) is 0 Å². The Morgan fingerprint density at radius 3 is 1.97 bits per heavy atom. The molecule has 90 heavy (non-hydrogen) atoms. The molecule has 0 aromatic heterocycles. The van der Waals surface area contributed by atoms with Gasteiger partial charge in [-0.1, -0.05) is 116 Å². The molecule has 2 aromatic rings. The molecule has 4 fully saturated rings. The van der Waals surface area contributed by atoms with Gasteiger partial charge in [0.25, 0.3) is 0 Å². The van der Waals surface area contributed by atoms with Crippen molar-refractivity contribution in [2.45, 2.75) is 235 Å². The van der Waals surface area contributed by atoms with Crippen LogP contribution in [0.15, 0.2) is 60.7 Å². The van der Waals surface area contributed by atoms with E-state index in [1.165, 1.54) is 28.5 Å². The normalized spacial score (nSPS) is 32.1. The number of rotatable bonds is 40. The van der Waals surface area contributed by atoms with E-state index in [4.69, 9.17) is 42.6 Å². The van der Waals surface area contributed by atoms with Crippen LogP contribution in [-0.4, -0.2) is 235 Å². The Balaban J connectivity index is 1.17. The highest BCUT2D eigenvalue weighted by Crippen LogP contribution is 2.66. The van der Waals surface area contributed by atoms with E-state index in [0.29, 0.717) is 81.5 Å². The zero-order valence-corrected chi connectivity index (χ0v) is 55.8. The molecular weight excluding hydrogens is 1210 g/mol. The summed E-state index contributed by atoms with van der Waals surface area (Å²) in [7, 11) is 4.49. The zero-order chi connectivity index (χ0) is 66.2. The molecular formula is C64H109N3O21S2. The Bertz CT molecular complexity index is 2340. The van der Waals surface area contributed by atoms with Crippen molar-refractivity contribution in [2.75, 3.05) is 64.8 Å². The van der Waals surface area contributed by atoms with E-state index in [0.717, 1.165) is 12.8 Å². The molecule has 0 radical (unpaired) electrons. The first-order chi connectivity index (χ1) is 42.5. The first-order valence-electron chi connectivity index (χ1n) is 31.9. The van der Waals surface area contributed by atoms with Gasteiger partial charge >= 0.3 is 0 Å². The molecule has 518 valence electrons. The van der Waals surface area contributed by atoms with Crippen LogP contribution >= 0.6 is 21.6 Å². The van der Waals surface area contributed by atoms with Gasteiger partial charge in [0.05, 0.1) is 99.6 Å². The summed E-state index contributed by atoms with van der Waals surface area (Å²) in [4.78, 5) is 0. The monoisotopic (exact) mass is 1320 g/mol. The number of aliphatic hydroxyl groups excluding tert-OH is 11. The van der Waals surface area contributed by atoms with E-state index in [-0.39, 0.29) is 31.9 Å². The highest BCUT2D eigenvalue weighted by atomic mass is 33.1.